The Bertz CT molecular complexity index is 1060. The zero-order valence-corrected chi connectivity index (χ0v) is 17.5. The second-order valence-electron chi connectivity index (χ2n) is 6.53. The number of anilines is 1. The highest BCUT2D eigenvalue weighted by molar-refractivity contribution is 8.00. The molecule has 0 unspecified atom stereocenters. The van der Waals surface area contributed by atoms with Crippen LogP contribution in [-0.4, -0.2) is 19.0 Å². The van der Waals surface area contributed by atoms with Gasteiger partial charge >= 0.3 is 0 Å². The Morgan fingerprint density at radius 2 is 1.79 bits per heavy atom. The maximum atomic E-state index is 12.8. The third kappa shape index (κ3) is 5.02. The van der Waals surface area contributed by atoms with Crippen LogP contribution in [0.4, 0.5) is 5.69 Å². The third-order valence-electron chi connectivity index (χ3n) is 4.50. The second-order valence-corrected chi connectivity index (χ2v) is 8.75. The molecule has 0 saturated heterocycles. The van der Waals surface area contributed by atoms with E-state index in [0.717, 1.165) is 35.2 Å². The number of para-hydroxylation sites is 2. The van der Waals surface area contributed by atoms with E-state index in [0.29, 0.717) is 18.1 Å². The van der Waals surface area contributed by atoms with Crippen molar-refractivity contribution in [3.63, 3.8) is 0 Å². The first kappa shape index (κ1) is 19.6. The standard InChI is InChI=1S/C23H22N2O2S2/c26-23(25-14-7-13-24-17-8-2-1-3-9-17)22-19(16-29-21-12-6-15-28-21)18-10-4-5-11-20(18)27-22/h1-6,8-12,15,24H,7,13-14,16H2,(H,25,26). The smallest absolute Gasteiger partial charge is 0.287 e. The highest BCUT2D eigenvalue weighted by Gasteiger charge is 2.20. The lowest BCUT2D eigenvalue weighted by atomic mass is 10.1. The molecule has 4 rings (SSSR count). The van der Waals surface area contributed by atoms with Crippen LogP contribution in [0.1, 0.15) is 22.5 Å². The number of carbonyl (C=O) groups excluding carboxylic acids is 1. The molecule has 0 atom stereocenters. The summed E-state index contributed by atoms with van der Waals surface area (Å²) in [6.07, 6.45) is 0.833. The first-order chi connectivity index (χ1) is 14.3. The summed E-state index contributed by atoms with van der Waals surface area (Å²) in [5.74, 6) is 0.976. The van der Waals surface area contributed by atoms with Crippen LogP contribution in [-0.2, 0) is 5.75 Å². The van der Waals surface area contributed by atoms with Crippen molar-refractivity contribution >= 4 is 45.7 Å². The molecule has 0 radical (unpaired) electrons. The highest BCUT2D eigenvalue weighted by Crippen LogP contribution is 2.33. The van der Waals surface area contributed by atoms with Crippen LogP contribution in [0, 0.1) is 0 Å². The predicted octanol–water partition coefficient (Wildman–Crippen LogP) is 6.02. The number of carbonyl (C=O) groups is 1. The third-order valence-corrected chi connectivity index (χ3v) is 6.66. The van der Waals surface area contributed by atoms with Crippen LogP contribution in [0.25, 0.3) is 11.0 Å². The number of thioether (sulfide) groups is 1. The molecule has 0 saturated carbocycles. The Labute approximate surface area is 178 Å². The van der Waals surface area contributed by atoms with Crippen LogP contribution in [0.2, 0.25) is 0 Å². The van der Waals surface area contributed by atoms with E-state index in [1.54, 1.807) is 23.1 Å². The number of benzene rings is 2. The summed E-state index contributed by atoms with van der Waals surface area (Å²) in [4.78, 5) is 12.8. The van der Waals surface area contributed by atoms with E-state index in [-0.39, 0.29) is 5.91 Å². The lowest BCUT2D eigenvalue weighted by molar-refractivity contribution is 0.0927. The van der Waals surface area contributed by atoms with E-state index >= 15 is 0 Å². The molecule has 0 spiro atoms. The Morgan fingerprint density at radius 1 is 0.966 bits per heavy atom. The molecule has 4 aromatic rings. The molecular weight excluding hydrogens is 400 g/mol. The Hall–Kier alpha value is -2.70. The molecule has 1 amide bonds. The fourth-order valence-corrected chi connectivity index (χ4v) is 4.89. The van der Waals surface area contributed by atoms with Crippen molar-refractivity contribution in [3.8, 4) is 0 Å². The lowest BCUT2D eigenvalue weighted by Gasteiger charge is -2.07. The zero-order chi connectivity index (χ0) is 19.9. The van der Waals surface area contributed by atoms with Gasteiger partial charge in [-0.15, -0.1) is 23.1 Å². The maximum Gasteiger partial charge on any atom is 0.287 e. The van der Waals surface area contributed by atoms with Crippen LogP contribution >= 0.6 is 23.1 Å². The molecule has 0 aliphatic carbocycles. The number of hydrogen-bond donors (Lipinski definition) is 2. The normalized spacial score (nSPS) is 10.9. The number of hydrogen-bond acceptors (Lipinski definition) is 5. The van der Waals surface area contributed by atoms with Crippen molar-refractivity contribution in [2.75, 3.05) is 18.4 Å². The van der Waals surface area contributed by atoms with E-state index in [9.17, 15) is 4.79 Å². The monoisotopic (exact) mass is 422 g/mol. The first-order valence-corrected chi connectivity index (χ1v) is 11.4. The number of rotatable bonds is 9. The van der Waals surface area contributed by atoms with Gasteiger partial charge in [0.05, 0.1) is 4.21 Å². The van der Waals surface area contributed by atoms with Gasteiger partial charge in [0.25, 0.3) is 5.91 Å². The van der Waals surface area contributed by atoms with E-state index in [4.69, 9.17) is 4.42 Å². The summed E-state index contributed by atoms with van der Waals surface area (Å²) < 4.78 is 7.15. The van der Waals surface area contributed by atoms with E-state index in [2.05, 4.69) is 22.1 Å². The summed E-state index contributed by atoms with van der Waals surface area (Å²) in [5.41, 5.74) is 2.80. The zero-order valence-electron chi connectivity index (χ0n) is 15.9. The quantitative estimate of drug-likeness (QED) is 0.256. The van der Waals surface area contributed by atoms with Gasteiger partial charge in [0.2, 0.25) is 0 Å². The predicted molar refractivity (Wildman–Crippen MR) is 122 cm³/mol. The minimum atomic E-state index is -0.150. The molecule has 4 nitrogen and oxygen atoms in total. The number of furan rings is 1. The fourth-order valence-electron chi connectivity index (χ4n) is 3.07. The summed E-state index contributed by atoms with van der Waals surface area (Å²) in [6.45, 7) is 1.39. The Balaban J connectivity index is 1.38. The average molecular weight is 423 g/mol. The van der Waals surface area contributed by atoms with Gasteiger partial charge < -0.3 is 15.1 Å². The van der Waals surface area contributed by atoms with Crippen LogP contribution in [0.15, 0.2) is 80.7 Å². The summed E-state index contributed by atoms with van der Waals surface area (Å²) >= 11 is 3.44. The molecule has 6 heteroatoms. The molecular formula is C23H22N2O2S2. The van der Waals surface area contributed by atoms with Gasteiger partial charge in [-0.2, -0.15) is 0 Å². The van der Waals surface area contributed by atoms with Gasteiger partial charge in [0, 0.05) is 35.5 Å². The second kappa shape index (κ2) is 9.67. The Morgan fingerprint density at radius 3 is 2.62 bits per heavy atom. The van der Waals surface area contributed by atoms with Gasteiger partial charge in [-0.1, -0.05) is 42.5 Å². The molecule has 2 aromatic carbocycles. The maximum absolute atomic E-state index is 12.8. The molecule has 0 aliphatic rings. The van der Waals surface area contributed by atoms with Crippen molar-refractivity contribution in [1.29, 1.82) is 0 Å². The summed E-state index contributed by atoms with van der Waals surface area (Å²) in [7, 11) is 0. The highest BCUT2D eigenvalue weighted by atomic mass is 32.2. The van der Waals surface area contributed by atoms with Crippen molar-refractivity contribution in [1.82, 2.24) is 5.32 Å². The SMILES string of the molecule is O=C(NCCCNc1ccccc1)c1oc2ccccc2c1CSc1cccs1. The van der Waals surface area contributed by atoms with Crippen LogP contribution < -0.4 is 10.6 Å². The van der Waals surface area contributed by atoms with E-state index in [1.807, 2.05) is 60.7 Å². The van der Waals surface area contributed by atoms with Crippen molar-refractivity contribution in [2.45, 2.75) is 16.4 Å². The van der Waals surface area contributed by atoms with Crippen LogP contribution in [0.3, 0.4) is 0 Å². The van der Waals surface area contributed by atoms with Gasteiger partial charge in [-0.25, -0.2) is 0 Å². The minimum absolute atomic E-state index is 0.150. The van der Waals surface area contributed by atoms with Gasteiger partial charge in [-0.3, -0.25) is 4.79 Å². The molecule has 2 aromatic heterocycles. The van der Waals surface area contributed by atoms with Gasteiger partial charge in [0.1, 0.15) is 5.58 Å². The molecule has 29 heavy (non-hydrogen) atoms. The Kier molecular flexibility index (Phi) is 6.54. The number of amides is 1. The first-order valence-electron chi connectivity index (χ1n) is 9.55. The molecule has 2 heterocycles. The van der Waals surface area contributed by atoms with Crippen molar-refractivity contribution < 1.29 is 9.21 Å². The van der Waals surface area contributed by atoms with Crippen molar-refractivity contribution in [2.24, 2.45) is 0 Å². The minimum Gasteiger partial charge on any atom is -0.451 e. The number of thiophene rings is 1. The van der Waals surface area contributed by atoms with Gasteiger partial charge in [-0.05, 0) is 36.1 Å². The number of nitrogens with one attached hydrogen (secondary N) is 2. The fraction of sp³-hybridized carbons (Fsp3) is 0.174. The topological polar surface area (TPSA) is 54.3 Å². The molecule has 0 aliphatic heterocycles. The largest absolute Gasteiger partial charge is 0.451 e. The van der Waals surface area contributed by atoms with E-state index in [1.165, 1.54) is 4.21 Å². The van der Waals surface area contributed by atoms with Crippen molar-refractivity contribution in [3.05, 3.63) is 83.4 Å². The lowest BCUT2D eigenvalue weighted by Crippen LogP contribution is -2.26. The summed E-state index contributed by atoms with van der Waals surface area (Å²) in [6, 6.07) is 22.0. The van der Waals surface area contributed by atoms with Crippen LogP contribution in [0.5, 0.6) is 0 Å². The van der Waals surface area contributed by atoms with E-state index < -0.39 is 0 Å². The van der Waals surface area contributed by atoms with Gasteiger partial charge in [0.15, 0.2) is 5.76 Å². The molecule has 2 N–H and O–H groups in total. The average Bonchev–Trinajstić information content (AvgIpc) is 3.40. The molecule has 0 bridgehead atoms. The number of fused-ring (bicyclic) bond motifs is 1. The summed E-state index contributed by atoms with van der Waals surface area (Å²) in [5, 5.41) is 9.42. The molecule has 0 fully saturated rings. The molecule has 148 valence electrons.